The Bertz CT molecular complexity index is 856. The number of rotatable bonds is 6. The first kappa shape index (κ1) is 18.6. The lowest BCUT2D eigenvalue weighted by molar-refractivity contribution is -0.145. The maximum absolute atomic E-state index is 12.6. The smallest absolute Gasteiger partial charge is 0.343 e. The van der Waals surface area contributed by atoms with Gasteiger partial charge in [-0.2, -0.15) is 0 Å². The molecule has 0 aliphatic heterocycles. The Morgan fingerprint density at radius 1 is 1.28 bits per heavy atom. The molecule has 0 bridgehead atoms. The van der Waals surface area contributed by atoms with E-state index in [1.807, 2.05) is 13.8 Å². The van der Waals surface area contributed by atoms with Gasteiger partial charge in [-0.25, -0.2) is 9.78 Å². The lowest BCUT2D eigenvalue weighted by Crippen LogP contribution is -2.25. The first-order valence-electron chi connectivity index (χ1n) is 8.24. The third kappa shape index (κ3) is 4.23. The number of nitrogens with zero attached hydrogens (tertiary/aromatic N) is 2. The molecule has 25 heavy (non-hydrogen) atoms. The van der Waals surface area contributed by atoms with Gasteiger partial charge in [0.15, 0.2) is 0 Å². The zero-order chi connectivity index (χ0) is 18.6. The molecule has 1 unspecified atom stereocenters. The number of carbonyl (C=O) groups excluding carboxylic acids is 2. The van der Waals surface area contributed by atoms with Crippen molar-refractivity contribution >= 4 is 23.0 Å². The largest absolute Gasteiger partial charge is 0.466 e. The van der Waals surface area contributed by atoms with E-state index in [4.69, 9.17) is 9.47 Å². The van der Waals surface area contributed by atoms with E-state index in [0.717, 1.165) is 5.69 Å². The van der Waals surface area contributed by atoms with E-state index in [0.29, 0.717) is 17.6 Å². The molecule has 7 nitrogen and oxygen atoms in total. The summed E-state index contributed by atoms with van der Waals surface area (Å²) in [5, 5.41) is 0.361. The van der Waals surface area contributed by atoms with Crippen LogP contribution in [0.1, 0.15) is 43.2 Å². The van der Waals surface area contributed by atoms with Crippen LogP contribution in [0.5, 0.6) is 0 Å². The highest BCUT2D eigenvalue weighted by atomic mass is 16.6. The van der Waals surface area contributed by atoms with Gasteiger partial charge in [0.25, 0.3) is 0 Å². The summed E-state index contributed by atoms with van der Waals surface area (Å²) in [5.74, 6) is -1.21. The monoisotopic (exact) mass is 346 g/mol. The molecule has 2 aromatic heterocycles. The second kappa shape index (κ2) is 7.92. The molecule has 2 rings (SSSR count). The zero-order valence-corrected chi connectivity index (χ0v) is 14.9. The van der Waals surface area contributed by atoms with E-state index in [9.17, 15) is 14.4 Å². The summed E-state index contributed by atoms with van der Waals surface area (Å²) in [7, 11) is 0. The molecule has 134 valence electrons. The van der Waals surface area contributed by atoms with Crippen molar-refractivity contribution in [2.24, 2.45) is 0 Å². The van der Waals surface area contributed by atoms with Crippen molar-refractivity contribution in [2.45, 2.75) is 46.8 Å². The van der Waals surface area contributed by atoms with Gasteiger partial charge in [-0.05, 0) is 39.8 Å². The summed E-state index contributed by atoms with van der Waals surface area (Å²) >= 11 is 0. The van der Waals surface area contributed by atoms with Gasteiger partial charge in [-0.3, -0.25) is 9.59 Å². The Morgan fingerprint density at radius 2 is 2.00 bits per heavy atom. The molecule has 0 amide bonds. The second-order valence-electron chi connectivity index (χ2n) is 5.71. The van der Waals surface area contributed by atoms with Crippen molar-refractivity contribution in [3.8, 4) is 0 Å². The summed E-state index contributed by atoms with van der Waals surface area (Å²) in [6.07, 6.45) is 0.708. The Kier molecular flexibility index (Phi) is 5.90. The highest BCUT2D eigenvalue weighted by Gasteiger charge is 2.21. The molecular weight excluding hydrogens is 324 g/mol. The van der Waals surface area contributed by atoms with Crippen molar-refractivity contribution in [3.63, 3.8) is 0 Å². The van der Waals surface area contributed by atoms with Gasteiger partial charge >= 0.3 is 11.9 Å². The predicted molar refractivity (Wildman–Crippen MR) is 92.5 cm³/mol. The molecule has 2 heterocycles. The maximum Gasteiger partial charge on any atom is 0.343 e. The molecule has 0 aliphatic rings. The highest BCUT2D eigenvalue weighted by molar-refractivity contribution is 5.93. The molecule has 0 spiro atoms. The van der Waals surface area contributed by atoms with Gasteiger partial charge in [-0.1, -0.05) is 0 Å². The second-order valence-corrected chi connectivity index (χ2v) is 5.71. The van der Waals surface area contributed by atoms with Crippen molar-refractivity contribution in [1.29, 1.82) is 0 Å². The van der Waals surface area contributed by atoms with E-state index in [2.05, 4.69) is 4.98 Å². The van der Waals surface area contributed by atoms with E-state index < -0.39 is 23.5 Å². The molecule has 0 radical (unpaired) electrons. The molecule has 0 aromatic carbocycles. The van der Waals surface area contributed by atoms with Crippen LogP contribution in [0.3, 0.4) is 0 Å². The summed E-state index contributed by atoms with van der Waals surface area (Å²) in [6.45, 7) is 7.82. The van der Waals surface area contributed by atoms with Crippen LogP contribution in [-0.2, 0) is 20.8 Å². The average Bonchev–Trinajstić information content (AvgIpc) is 2.54. The fourth-order valence-electron chi connectivity index (χ4n) is 2.49. The Labute approximate surface area is 145 Å². The van der Waals surface area contributed by atoms with Crippen molar-refractivity contribution in [1.82, 2.24) is 9.55 Å². The fraction of sp³-hybridized carbons (Fsp3) is 0.444. The molecule has 0 saturated heterocycles. The van der Waals surface area contributed by atoms with Gasteiger partial charge in [0.05, 0.1) is 18.4 Å². The Balaban J connectivity index is 2.32. The molecule has 7 heteroatoms. The minimum atomic E-state index is -0.758. The summed E-state index contributed by atoms with van der Waals surface area (Å²) in [5.41, 5.74) is 0.812. The predicted octanol–water partition coefficient (Wildman–Crippen LogP) is 2.22. The first-order valence-corrected chi connectivity index (χ1v) is 8.24. The number of aryl methyl sites for hydroxylation is 2. The fourth-order valence-corrected chi connectivity index (χ4v) is 2.49. The van der Waals surface area contributed by atoms with E-state index in [1.165, 1.54) is 6.20 Å². The van der Waals surface area contributed by atoms with Crippen LogP contribution in [0.15, 0.2) is 23.1 Å². The number of ether oxygens (including phenoxy) is 2. The standard InChI is InChI=1S/C18H22N2O5/c1-5-20-10-14(16(22)13-8-7-11(3)19-17(13)20)18(23)25-12(4)9-15(21)24-6-2/h7-8,10,12H,5-6,9H2,1-4H3. The normalized spacial score (nSPS) is 12.0. The number of aromatic nitrogens is 2. The number of fused-ring (bicyclic) bond motifs is 1. The number of carbonyl (C=O) groups is 2. The summed E-state index contributed by atoms with van der Waals surface area (Å²) in [6, 6.07) is 3.38. The Hall–Kier alpha value is -2.70. The van der Waals surface area contributed by atoms with Crippen LogP contribution in [0, 0.1) is 6.92 Å². The van der Waals surface area contributed by atoms with Crippen molar-refractivity contribution < 1.29 is 19.1 Å². The van der Waals surface area contributed by atoms with Gasteiger partial charge in [0, 0.05) is 18.4 Å². The zero-order valence-electron chi connectivity index (χ0n) is 14.9. The summed E-state index contributed by atoms with van der Waals surface area (Å²) < 4.78 is 11.8. The molecule has 2 aromatic rings. The van der Waals surface area contributed by atoms with Crippen molar-refractivity contribution in [2.75, 3.05) is 6.61 Å². The lowest BCUT2D eigenvalue weighted by Gasteiger charge is -2.14. The van der Waals surface area contributed by atoms with Crippen LogP contribution in [-0.4, -0.2) is 34.2 Å². The summed E-state index contributed by atoms with van der Waals surface area (Å²) in [4.78, 5) is 40.8. The van der Waals surface area contributed by atoms with Crippen LogP contribution in [0.4, 0.5) is 0 Å². The quantitative estimate of drug-likeness (QED) is 0.745. The van der Waals surface area contributed by atoms with Gasteiger partial charge in [0.2, 0.25) is 5.43 Å². The molecular formula is C18H22N2O5. The van der Waals surface area contributed by atoms with Crippen LogP contribution >= 0.6 is 0 Å². The third-order valence-corrected chi connectivity index (χ3v) is 3.69. The third-order valence-electron chi connectivity index (χ3n) is 3.69. The molecule has 0 fully saturated rings. The van der Waals surface area contributed by atoms with Crippen LogP contribution in [0.25, 0.3) is 11.0 Å². The maximum atomic E-state index is 12.6. The van der Waals surface area contributed by atoms with E-state index in [1.54, 1.807) is 30.5 Å². The molecule has 0 N–H and O–H groups in total. The van der Waals surface area contributed by atoms with E-state index >= 15 is 0 Å². The number of hydrogen-bond donors (Lipinski definition) is 0. The molecule has 0 aliphatic carbocycles. The molecule has 1 atom stereocenters. The minimum Gasteiger partial charge on any atom is -0.466 e. The lowest BCUT2D eigenvalue weighted by atomic mass is 10.1. The SMILES string of the molecule is CCOC(=O)CC(C)OC(=O)c1cn(CC)c2nc(C)ccc2c1=O. The van der Waals surface area contributed by atoms with Gasteiger partial charge in [0.1, 0.15) is 17.3 Å². The highest BCUT2D eigenvalue weighted by Crippen LogP contribution is 2.12. The number of pyridine rings is 2. The van der Waals surface area contributed by atoms with Crippen molar-refractivity contribution in [3.05, 3.63) is 39.8 Å². The first-order chi connectivity index (χ1) is 11.9. The topological polar surface area (TPSA) is 87.5 Å². The van der Waals surface area contributed by atoms with Gasteiger partial charge < -0.3 is 14.0 Å². The Morgan fingerprint density at radius 3 is 2.64 bits per heavy atom. The molecule has 0 saturated carbocycles. The van der Waals surface area contributed by atoms with Crippen LogP contribution in [0.2, 0.25) is 0 Å². The average molecular weight is 346 g/mol. The minimum absolute atomic E-state index is 0.0596. The van der Waals surface area contributed by atoms with E-state index in [-0.39, 0.29) is 18.6 Å². The number of hydrogen-bond acceptors (Lipinski definition) is 6. The number of esters is 2. The van der Waals surface area contributed by atoms with Crippen LogP contribution < -0.4 is 5.43 Å². The van der Waals surface area contributed by atoms with Gasteiger partial charge in [-0.15, -0.1) is 0 Å².